The molecule has 1 amide bonds. The van der Waals surface area contributed by atoms with Gasteiger partial charge in [-0.05, 0) is 31.0 Å². The smallest absolute Gasteiger partial charge is 0.257 e. The molecular weight excluding hydrogens is 368 g/mol. The molecule has 0 saturated heterocycles. The van der Waals surface area contributed by atoms with Crippen LogP contribution in [0.1, 0.15) is 30.8 Å². The van der Waals surface area contributed by atoms with Crippen LogP contribution < -0.4 is 10.6 Å². The number of rotatable bonds is 6. The van der Waals surface area contributed by atoms with Crippen LogP contribution in [0.2, 0.25) is 0 Å². The lowest BCUT2D eigenvalue weighted by molar-refractivity contribution is -0.113. The van der Waals surface area contributed by atoms with E-state index in [4.69, 9.17) is 5.11 Å². The molecule has 3 aromatic rings. The molecule has 148 valence electrons. The molecule has 0 saturated carbocycles. The maximum absolute atomic E-state index is 13.2. The van der Waals surface area contributed by atoms with Gasteiger partial charge in [0.25, 0.3) is 5.91 Å². The van der Waals surface area contributed by atoms with E-state index in [9.17, 15) is 4.79 Å². The monoisotopic (exact) mass is 390 g/mol. The summed E-state index contributed by atoms with van der Waals surface area (Å²) in [6.45, 7) is 1.93. The van der Waals surface area contributed by atoms with Crippen LogP contribution >= 0.6 is 0 Å². The van der Waals surface area contributed by atoms with Crippen molar-refractivity contribution in [2.75, 3.05) is 17.2 Å². The van der Waals surface area contributed by atoms with Gasteiger partial charge < -0.3 is 15.7 Å². The minimum absolute atomic E-state index is 0.0778. The van der Waals surface area contributed by atoms with Crippen LogP contribution in [0.3, 0.4) is 0 Å². The van der Waals surface area contributed by atoms with E-state index in [1.807, 2.05) is 43.3 Å². The second-order valence-electron chi connectivity index (χ2n) is 6.77. The molecule has 4 rings (SSSR count). The van der Waals surface area contributed by atoms with Crippen molar-refractivity contribution in [1.82, 2.24) is 19.7 Å². The predicted octanol–water partition coefficient (Wildman–Crippen LogP) is 2.53. The molecule has 1 aliphatic rings. The number of hydrogen-bond donors (Lipinski definition) is 3. The summed E-state index contributed by atoms with van der Waals surface area (Å²) in [4.78, 5) is 21.9. The number of aliphatic hydroxyl groups excluding tert-OH is 1. The number of amides is 1. The third-order valence-corrected chi connectivity index (χ3v) is 4.72. The van der Waals surface area contributed by atoms with Gasteiger partial charge in [0.2, 0.25) is 5.95 Å². The summed E-state index contributed by atoms with van der Waals surface area (Å²) in [6.07, 6.45) is 2.78. The third kappa shape index (κ3) is 3.88. The number of fused-ring (bicyclic) bond motifs is 1. The van der Waals surface area contributed by atoms with E-state index in [0.717, 1.165) is 5.56 Å². The molecule has 1 aliphatic heterocycles. The van der Waals surface area contributed by atoms with Crippen LogP contribution in [0.4, 0.5) is 11.8 Å². The highest BCUT2D eigenvalue weighted by atomic mass is 16.3. The average molecular weight is 390 g/mol. The molecule has 2 aromatic heterocycles. The van der Waals surface area contributed by atoms with Crippen LogP contribution in [0.15, 0.2) is 66.0 Å². The van der Waals surface area contributed by atoms with Crippen molar-refractivity contribution in [2.45, 2.75) is 25.8 Å². The molecule has 29 heavy (non-hydrogen) atoms. The number of nitrogens with one attached hydrogen (secondary N) is 2. The largest absolute Gasteiger partial charge is 0.396 e. The van der Waals surface area contributed by atoms with Crippen molar-refractivity contribution in [3.8, 4) is 0 Å². The van der Waals surface area contributed by atoms with Crippen LogP contribution in [0.25, 0.3) is 0 Å². The summed E-state index contributed by atoms with van der Waals surface area (Å²) < 4.78 is 1.74. The topological polar surface area (TPSA) is 105 Å². The lowest BCUT2D eigenvalue weighted by Gasteiger charge is -2.28. The highest BCUT2D eigenvalue weighted by molar-refractivity contribution is 6.05. The van der Waals surface area contributed by atoms with Crippen molar-refractivity contribution in [3.63, 3.8) is 0 Å². The molecule has 1 atom stereocenters. The molecule has 1 aromatic carbocycles. The normalized spacial score (nSPS) is 15.6. The summed E-state index contributed by atoms with van der Waals surface area (Å²) in [5.41, 5.74) is 2.19. The number of benzene rings is 1. The van der Waals surface area contributed by atoms with Crippen molar-refractivity contribution in [1.29, 1.82) is 0 Å². The first-order chi connectivity index (χ1) is 14.2. The number of carbonyl (C=O) groups excluding carboxylic acids is 1. The lowest BCUT2D eigenvalue weighted by atomic mass is 9.95. The average Bonchev–Trinajstić information content (AvgIpc) is 3.14. The molecule has 3 heterocycles. The number of allylic oxidation sites excluding steroid dienone is 1. The number of anilines is 2. The van der Waals surface area contributed by atoms with E-state index >= 15 is 0 Å². The lowest BCUT2D eigenvalue weighted by Crippen LogP contribution is -2.31. The van der Waals surface area contributed by atoms with Crippen molar-refractivity contribution in [3.05, 3.63) is 77.4 Å². The zero-order chi connectivity index (χ0) is 20.2. The molecule has 3 N–H and O–H groups in total. The zero-order valence-electron chi connectivity index (χ0n) is 16.0. The SMILES string of the molecule is CC1=C(C(=O)Nc2ccccn2)C(c2ccccc2)n2nc(CCCO)nc2N1. The van der Waals surface area contributed by atoms with Gasteiger partial charge in [-0.3, -0.25) is 4.79 Å². The van der Waals surface area contributed by atoms with Gasteiger partial charge in [0.15, 0.2) is 5.82 Å². The standard InChI is InChI=1S/C21H22N6O2/c1-14-18(20(29)24-16-10-5-6-12-22-16)19(15-8-3-2-4-9-15)27-21(23-14)25-17(26-27)11-7-13-28/h2-6,8-10,12,19,28H,7,11,13H2,1H3,(H,22,24,29)(H,23,25,26). The second kappa shape index (κ2) is 8.24. The predicted molar refractivity (Wildman–Crippen MR) is 109 cm³/mol. The minimum Gasteiger partial charge on any atom is -0.396 e. The molecule has 0 bridgehead atoms. The van der Waals surface area contributed by atoms with E-state index in [-0.39, 0.29) is 12.5 Å². The number of nitrogens with zero attached hydrogens (tertiary/aromatic N) is 4. The summed E-state index contributed by atoms with van der Waals surface area (Å²) in [7, 11) is 0. The Morgan fingerprint density at radius 3 is 2.72 bits per heavy atom. The van der Waals surface area contributed by atoms with Gasteiger partial charge in [-0.1, -0.05) is 36.4 Å². The van der Waals surface area contributed by atoms with Crippen molar-refractivity contribution < 1.29 is 9.90 Å². The Labute approximate surface area is 168 Å². The van der Waals surface area contributed by atoms with Crippen LogP contribution in [-0.4, -0.2) is 37.4 Å². The third-order valence-electron chi connectivity index (χ3n) is 4.72. The molecule has 1 unspecified atom stereocenters. The number of pyridine rings is 1. The maximum atomic E-state index is 13.2. The summed E-state index contributed by atoms with van der Waals surface area (Å²) in [5.74, 6) is 1.44. The molecular formula is C21H22N6O2. The van der Waals surface area contributed by atoms with Gasteiger partial charge in [0, 0.05) is 24.9 Å². The fourth-order valence-electron chi connectivity index (χ4n) is 3.40. The highest BCUT2D eigenvalue weighted by Crippen LogP contribution is 2.35. The summed E-state index contributed by atoms with van der Waals surface area (Å²) >= 11 is 0. The molecule has 8 nitrogen and oxygen atoms in total. The second-order valence-corrected chi connectivity index (χ2v) is 6.77. The van der Waals surface area contributed by atoms with E-state index in [2.05, 4.69) is 25.7 Å². The number of hydrogen-bond acceptors (Lipinski definition) is 6. The quantitative estimate of drug-likeness (QED) is 0.597. The Bertz CT molecular complexity index is 1030. The summed E-state index contributed by atoms with van der Waals surface area (Å²) in [6, 6.07) is 14.7. The first-order valence-corrected chi connectivity index (χ1v) is 9.49. The Morgan fingerprint density at radius 2 is 2.00 bits per heavy atom. The first-order valence-electron chi connectivity index (χ1n) is 9.49. The Balaban J connectivity index is 1.74. The van der Waals surface area contributed by atoms with Gasteiger partial charge in [-0.2, -0.15) is 10.1 Å². The zero-order valence-corrected chi connectivity index (χ0v) is 16.0. The maximum Gasteiger partial charge on any atom is 0.257 e. The van der Waals surface area contributed by atoms with Gasteiger partial charge in [-0.15, -0.1) is 0 Å². The van der Waals surface area contributed by atoms with Crippen LogP contribution in [-0.2, 0) is 11.2 Å². The van der Waals surface area contributed by atoms with Gasteiger partial charge in [0.05, 0.1) is 5.57 Å². The van der Waals surface area contributed by atoms with E-state index < -0.39 is 6.04 Å². The van der Waals surface area contributed by atoms with E-state index in [0.29, 0.717) is 41.7 Å². The van der Waals surface area contributed by atoms with Gasteiger partial charge in [0.1, 0.15) is 11.9 Å². The number of aliphatic hydroxyl groups is 1. The fourth-order valence-corrected chi connectivity index (χ4v) is 3.40. The number of aromatic nitrogens is 4. The number of carbonyl (C=O) groups is 1. The highest BCUT2D eigenvalue weighted by Gasteiger charge is 2.34. The molecule has 8 heteroatoms. The Kier molecular flexibility index (Phi) is 5.35. The minimum atomic E-state index is -0.425. The Morgan fingerprint density at radius 1 is 1.21 bits per heavy atom. The van der Waals surface area contributed by atoms with Crippen LogP contribution in [0, 0.1) is 0 Å². The first kappa shape index (κ1) is 18.8. The van der Waals surface area contributed by atoms with Crippen molar-refractivity contribution >= 4 is 17.7 Å². The summed E-state index contributed by atoms with van der Waals surface area (Å²) in [5, 5.41) is 19.8. The van der Waals surface area contributed by atoms with Crippen molar-refractivity contribution in [2.24, 2.45) is 0 Å². The number of aryl methyl sites for hydroxylation is 1. The van der Waals surface area contributed by atoms with Gasteiger partial charge >= 0.3 is 0 Å². The van der Waals surface area contributed by atoms with E-state index in [1.54, 1.807) is 23.0 Å². The van der Waals surface area contributed by atoms with E-state index in [1.165, 1.54) is 0 Å². The van der Waals surface area contributed by atoms with Gasteiger partial charge in [-0.25, -0.2) is 9.67 Å². The molecule has 0 radical (unpaired) electrons. The van der Waals surface area contributed by atoms with Crippen LogP contribution in [0.5, 0.6) is 0 Å². The molecule has 0 spiro atoms. The fraction of sp³-hybridized carbons (Fsp3) is 0.238. The Hall–Kier alpha value is -3.52. The molecule has 0 aliphatic carbocycles. The molecule has 0 fully saturated rings.